The van der Waals surface area contributed by atoms with Crippen LogP contribution in [-0.4, -0.2) is 13.4 Å². The van der Waals surface area contributed by atoms with Crippen LogP contribution in [0.5, 0.6) is 5.75 Å². The van der Waals surface area contributed by atoms with E-state index < -0.39 is 18.5 Å². The Morgan fingerprint density at radius 3 is 2.57 bits per heavy atom. The molecule has 1 aromatic carbocycles. The lowest BCUT2D eigenvalue weighted by atomic mass is 9.75. The molecule has 1 aliphatic carbocycles. The first-order chi connectivity index (χ1) is 9.88. The average Bonchev–Trinajstić information content (AvgIpc) is 2.40. The van der Waals surface area contributed by atoms with E-state index in [-0.39, 0.29) is 6.10 Å². The summed E-state index contributed by atoms with van der Waals surface area (Å²) in [5.41, 5.74) is -0.586. The summed E-state index contributed by atoms with van der Waals surface area (Å²) >= 11 is 0. The molecular weight excluding hydrogens is 276 g/mol. The summed E-state index contributed by atoms with van der Waals surface area (Å²) < 4.78 is 44.8. The first-order valence-corrected chi connectivity index (χ1v) is 7.62. The van der Waals surface area contributed by atoms with E-state index in [1.165, 1.54) is 12.5 Å². The van der Waals surface area contributed by atoms with E-state index in [9.17, 15) is 13.0 Å². The Morgan fingerprint density at radius 2 is 1.95 bits per heavy atom. The molecule has 0 radical (unpaired) electrons. The smallest absolute Gasteiger partial charge is 0.490 e. The first-order valence-electron chi connectivity index (χ1n) is 7.62. The second kappa shape index (κ2) is 6.76. The highest BCUT2D eigenvalue weighted by molar-refractivity contribution is 6.60. The van der Waals surface area contributed by atoms with Gasteiger partial charge in [0.25, 0.3) is 0 Å². The van der Waals surface area contributed by atoms with Crippen molar-refractivity contribution in [2.45, 2.75) is 46.1 Å². The van der Waals surface area contributed by atoms with Crippen molar-refractivity contribution in [2.24, 2.45) is 17.8 Å². The number of hydrogen-bond donors (Lipinski definition) is 0. The zero-order chi connectivity index (χ0) is 15.6. The van der Waals surface area contributed by atoms with Crippen LogP contribution >= 0.6 is 0 Å². The van der Waals surface area contributed by atoms with Crippen molar-refractivity contribution >= 4 is 12.7 Å². The Balaban J connectivity index is 2.17. The molecular formula is C16H22BF3O. The fourth-order valence-electron chi connectivity index (χ4n) is 3.19. The molecule has 0 amide bonds. The highest BCUT2D eigenvalue weighted by Gasteiger charge is 2.32. The van der Waals surface area contributed by atoms with Crippen molar-refractivity contribution in [3.8, 4) is 5.75 Å². The van der Waals surface area contributed by atoms with Crippen LogP contribution in [0.3, 0.4) is 0 Å². The maximum Gasteiger partial charge on any atom is 0.575 e. The lowest BCUT2D eigenvalue weighted by Crippen LogP contribution is -2.36. The molecule has 0 spiro atoms. The second-order valence-electron chi connectivity index (χ2n) is 6.47. The highest BCUT2D eigenvalue weighted by Crippen LogP contribution is 2.35. The quantitative estimate of drug-likeness (QED) is 0.753. The number of rotatable bonds is 4. The number of hydrogen-bond acceptors (Lipinski definition) is 1. The summed E-state index contributed by atoms with van der Waals surface area (Å²) in [6, 6.07) is 3.64. The zero-order valence-electron chi connectivity index (χ0n) is 12.8. The van der Waals surface area contributed by atoms with E-state index >= 15 is 0 Å². The zero-order valence-corrected chi connectivity index (χ0v) is 12.8. The molecule has 0 aliphatic heterocycles. The highest BCUT2D eigenvalue weighted by atomic mass is 19.2. The van der Waals surface area contributed by atoms with Crippen molar-refractivity contribution in [1.82, 2.24) is 0 Å². The van der Waals surface area contributed by atoms with Gasteiger partial charge in [-0.1, -0.05) is 27.2 Å². The molecule has 1 aromatic rings. The lowest BCUT2D eigenvalue weighted by molar-refractivity contribution is 0.0460. The van der Waals surface area contributed by atoms with E-state index in [0.717, 1.165) is 25.0 Å². The number of ether oxygens (including phenoxy) is 1. The Kier molecular flexibility index (Phi) is 5.23. The molecule has 0 bridgehead atoms. The van der Waals surface area contributed by atoms with Gasteiger partial charge >= 0.3 is 7.27 Å². The molecule has 2 rings (SSSR count). The van der Waals surface area contributed by atoms with Crippen molar-refractivity contribution in [2.75, 3.05) is 0 Å². The van der Waals surface area contributed by atoms with Gasteiger partial charge in [0.05, 0.1) is 0 Å². The van der Waals surface area contributed by atoms with Gasteiger partial charge in [-0.15, -0.1) is 0 Å². The van der Waals surface area contributed by atoms with Crippen LogP contribution in [0, 0.1) is 23.6 Å². The fraction of sp³-hybridized carbons (Fsp3) is 0.625. The maximum absolute atomic E-state index is 13.3. The second-order valence-corrected chi connectivity index (χ2v) is 6.47. The summed E-state index contributed by atoms with van der Waals surface area (Å²) in [5.74, 6) is 0.935. The van der Waals surface area contributed by atoms with Crippen LogP contribution in [0.1, 0.15) is 40.0 Å². The maximum atomic E-state index is 13.3. The van der Waals surface area contributed by atoms with Gasteiger partial charge in [0.2, 0.25) is 0 Å². The van der Waals surface area contributed by atoms with E-state index in [2.05, 4.69) is 20.8 Å². The molecule has 1 nitrogen and oxygen atoms in total. The van der Waals surface area contributed by atoms with Gasteiger partial charge < -0.3 is 4.74 Å². The summed E-state index contributed by atoms with van der Waals surface area (Å²) in [7, 11) is -2.82. The Labute approximate surface area is 125 Å². The lowest BCUT2D eigenvalue weighted by Gasteiger charge is -2.37. The van der Waals surface area contributed by atoms with Gasteiger partial charge in [0, 0.05) is 5.46 Å². The van der Waals surface area contributed by atoms with Crippen LogP contribution in [-0.2, 0) is 0 Å². The van der Waals surface area contributed by atoms with Gasteiger partial charge in [-0.2, -0.15) is 0 Å². The number of benzene rings is 1. The summed E-state index contributed by atoms with van der Waals surface area (Å²) in [4.78, 5) is 0. The summed E-state index contributed by atoms with van der Waals surface area (Å²) in [5, 5.41) is 0. The summed E-state index contributed by atoms with van der Waals surface area (Å²) in [6.07, 6.45) is 3.20. The molecule has 0 unspecified atom stereocenters. The minimum absolute atomic E-state index is 0.0183. The SMILES string of the molecule is CC(C)[C@@H]1CC[C@@H](C)C[C@H]1Oc1ccc(F)c(B(F)F)c1. The largest absolute Gasteiger partial charge is 0.575 e. The standard InChI is InChI=1S/C16H22BF3O/c1-10(2)13-6-4-11(3)8-16(13)21-12-5-7-15(18)14(9-12)17(19)20/h5,7,9-11,13,16H,4,6,8H2,1-3H3/t11-,13+,16-/m1/s1. The Bertz CT molecular complexity index is 479. The molecule has 0 saturated heterocycles. The molecule has 21 heavy (non-hydrogen) atoms. The number of halogens is 3. The van der Waals surface area contributed by atoms with Crippen LogP contribution < -0.4 is 10.2 Å². The molecule has 0 aromatic heterocycles. The topological polar surface area (TPSA) is 9.23 Å². The molecule has 1 fully saturated rings. The predicted molar refractivity (Wildman–Crippen MR) is 79.8 cm³/mol. The third-order valence-corrected chi connectivity index (χ3v) is 4.45. The van der Waals surface area contributed by atoms with Gasteiger partial charge in [-0.25, -0.2) is 4.39 Å². The molecule has 3 atom stereocenters. The van der Waals surface area contributed by atoms with Gasteiger partial charge in [0.1, 0.15) is 17.7 Å². The Hall–Kier alpha value is -1.13. The van der Waals surface area contributed by atoms with Gasteiger partial charge in [0.15, 0.2) is 0 Å². The summed E-state index contributed by atoms with van der Waals surface area (Å²) in [6.45, 7) is 6.50. The third kappa shape index (κ3) is 3.95. The van der Waals surface area contributed by atoms with Crippen molar-refractivity contribution in [3.63, 3.8) is 0 Å². The van der Waals surface area contributed by atoms with Crippen LogP contribution in [0.4, 0.5) is 13.0 Å². The van der Waals surface area contributed by atoms with Gasteiger partial charge in [-0.3, -0.25) is 8.63 Å². The van der Waals surface area contributed by atoms with Crippen LogP contribution in [0.2, 0.25) is 0 Å². The molecule has 116 valence electrons. The minimum atomic E-state index is -2.82. The van der Waals surface area contributed by atoms with E-state index in [1.54, 1.807) is 0 Å². The Morgan fingerprint density at radius 1 is 1.24 bits per heavy atom. The minimum Gasteiger partial charge on any atom is -0.490 e. The van der Waals surface area contributed by atoms with Crippen molar-refractivity contribution in [1.29, 1.82) is 0 Å². The van der Waals surface area contributed by atoms with E-state index in [1.807, 2.05) is 0 Å². The molecule has 0 heterocycles. The monoisotopic (exact) mass is 298 g/mol. The first kappa shape index (κ1) is 16.2. The van der Waals surface area contributed by atoms with Crippen molar-refractivity contribution < 1.29 is 17.8 Å². The average molecular weight is 298 g/mol. The van der Waals surface area contributed by atoms with E-state index in [4.69, 9.17) is 4.74 Å². The predicted octanol–water partition coefficient (Wildman–Crippen LogP) is 4.30. The fourth-order valence-corrected chi connectivity index (χ4v) is 3.19. The molecule has 1 saturated carbocycles. The normalized spacial score (nSPS) is 26.0. The third-order valence-electron chi connectivity index (χ3n) is 4.45. The van der Waals surface area contributed by atoms with E-state index in [0.29, 0.717) is 23.5 Å². The van der Waals surface area contributed by atoms with Crippen LogP contribution in [0.25, 0.3) is 0 Å². The van der Waals surface area contributed by atoms with Crippen LogP contribution in [0.15, 0.2) is 18.2 Å². The van der Waals surface area contributed by atoms with Crippen molar-refractivity contribution in [3.05, 3.63) is 24.0 Å². The molecule has 0 N–H and O–H groups in total. The molecule has 5 heteroatoms. The van der Waals surface area contributed by atoms with Gasteiger partial charge in [-0.05, 0) is 48.8 Å². The molecule has 1 aliphatic rings.